The molecular weight excluding hydrogens is 330 g/mol. The number of nitrogens with zero attached hydrogens (tertiary/aromatic N) is 2. The van der Waals surface area contributed by atoms with Crippen molar-refractivity contribution in [2.24, 2.45) is 5.73 Å². The summed E-state index contributed by atoms with van der Waals surface area (Å²) in [6.45, 7) is 0.405. The lowest BCUT2D eigenvalue weighted by Gasteiger charge is -2.06. The van der Waals surface area contributed by atoms with Gasteiger partial charge >= 0.3 is 6.03 Å². The summed E-state index contributed by atoms with van der Waals surface area (Å²) in [6, 6.07) is 16.2. The van der Waals surface area contributed by atoms with Crippen LogP contribution in [-0.4, -0.2) is 21.7 Å². The molecule has 0 bridgehead atoms. The molecule has 3 amide bonds. The number of nitrogens with two attached hydrogens (primary N) is 1. The Kier molecular flexibility index (Phi) is 5.28. The van der Waals surface area contributed by atoms with Crippen LogP contribution in [0.5, 0.6) is 0 Å². The number of nitrogens with one attached hydrogen (secondary N) is 2. The van der Waals surface area contributed by atoms with Crippen LogP contribution in [0.1, 0.15) is 11.1 Å². The van der Waals surface area contributed by atoms with Gasteiger partial charge < -0.3 is 16.4 Å². The summed E-state index contributed by atoms with van der Waals surface area (Å²) in [7, 11) is 0. The van der Waals surface area contributed by atoms with Gasteiger partial charge in [0, 0.05) is 18.4 Å². The molecule has 132 valence electrons. The summed E-state index contributed by atoms with van der Waals surface area (Å²) in [5, 5.41) is 9.64. The van der Waals surface area contributed by atoms with Crippen LogP contribution in [0.2, 0.25) is 0 Å². The van der Waals surface area contributed by atoms with Crippen LogP contribution in [0.3, 0.4) is 0 Å². The van der Waals surface area contributed by atoms with Crippen molar-refractivity contribution in [1.82, 2.24) is 15.1 Å². The molecule has 3 rings (SSSR count). The van der Waals surface area contributed by atoms with Gasteiger partial charge in [0.1, 0.15) is 0 Å². The van der Waals surface area contributed by atoms with Crippen LogP contribution in [0.15, 0.2) is 67.0 Å². The van der Waals surface area contributed by atoms with Crippen molar-refractivity contribution in [3.8, 4) is 5.69 Å². The van der Waals surface area contributed by atoms with Gasteiger partial charge in [0.15, 0.2) is 0 Å². The van der Waals surface area contributed by atoms with E-state index in [2.05, 4.69) is 15.7 Å². The lowest BCUT2D eigenvalue weighted by atomic mass is 10.2. The number of para-hydroxylation sites is 1. The summed E-state index contributed by atoms with van der Waals surface area (Å²) < 4.78 is 1.74. The van der Waals surface area contributed by atoms with Crippen molar-refractivity contribution >= 4 is 17.6 Å². The Labute approximate surface area is 150 Å². The molecule has 0 radical (unpaired) electrons. The molecule has 3 aromatic rings. The van der Waals surface area contributed by atoms with Crippen molar-refractivity contribution in [2.45, 2.75) is 13.0 Å². The molecule has 0 aliphatic carbocycles. The normalized spacial score (nSPS) is 10.3. The second-order valence-corrected chi connectivity index (χ2v) is 5.77. The number of hydrogen-bond donors (Lipinski definition) is 3. The maximum Gasteiger partial charge on any atom is 0.316 e. The number of benzene rings is 2. The average Bonchev–Trinajstić information content (AvgIpc) is 3.10. The highest BCUT2D eigenvalue weighted by atomic mass is 16.2. The molecule has 0 spiro atoms. The molecule has 0 saturated heterocycles. The predicted octanol–water partition coefficient (Wildman–Crippen LogP) is 2.22. The maximum atomic E-state index is 12.1. The monoisotopic (exact) mass is 349 g/mol. The highest BCUT2D eigenvalue weighted by Gasteiger charge is 2.07. The number of rotatable bonds is 6. The molecular formula is C19H19N5O2. The van der Waals surface area contributed by atoms with E-state index >= 15 is 0 Å². The molecule has 26 heavy (non-hydrogen) atoms. The fourth-order valence-electron chi connectivity index (χ4n) is 2.47. The third-order valence-corrected chi connectivity index (χ3v) is 3.73. The average molecular weight is 349 g/mol. The summed E-state index contributed by atoms with van der Waals surface area (Å²) in [5.74, 6) is -0.0862. The van der Waals surface area contributed by atoms with Crippen molar-refractivity contribution in [2.75, 3.05) is 5.32 Å². The number of amides is 3. The quantitative estimate of drug-likeness (QED) is 0.636. The van der Waals surface area contributed by atoms with E-state index in [1.165, 1.54) is 0 Å². The van der Waals surface area contributed by atoms with Crippen LogP contribution in [0, 0.1) is 0 Å². The molecule has 0 fully saturated rings. The lowest BCUT2D eigenvalue weighted by molar-refractivity contribution is -0.120. The topological polar surface area (TPSA) is 102 Å². The summed E-state index contributed by atoms with van der Waals surface area (Å²) >= 11 is 0. The smallest absolute Gasteiger partial charge is 0.316 e. The predicted molar refractivity (Wildman–Crippen MR) is 98.8 cm³/mol. The summed E-state index contributed by atoms with van der Waals surface area (Å²) in [5.41, 5.74) is 8.38. The van der Waals surface area contributed by atoms with E-state index in [9.17, 15) is 9.59 Å². The van der Waals surface area contributed by atoms with Crippen LogP contribution < -0.4 is 16.4 Å². The van der Waals surface area contributed by atoms with Crippen molar-refractivity contribution in [1.29, 1.82) is 0 Å². The Bertz CT molecular complexity index is 888. The zero-order chi connectivity index (χ0) is 18.4. The Morgan fingerprint density at radius 2 is 1.73 bits per heavy atom. The van der Waals surface area contributed by atoms with E-state index in [1.807, 2.05) is 48.7 Å². The number of anilines is 1. The standard InChI is InChI=1S/C19H19N5O2/c20-19(26)23-16-8-6-14(7-9-16)11-21-18(25)10-15-12-22-24(13-15)17-4-2-1-3-5-17/h1-9,12-13H,10-11H2,(H,21,25)(H3,20,23,26). The fraction of sp³-hybridized carbons (Fsp3) is 0.105. The van der Waals surface area contributed by atoms with E-state index in [4.69, 9.17) is 5.73 Å². The zero-order valence-electron chi connectivity index (χ0n) is 14.1. The van der Waals surface area contributed by atoms with E-state index in [1.54, 1.807) is 23.0 Å². The van der Waals surface area contributed by atoms with Gasteiger partial charge in [0.05, 0.1) is 18.3 Å². The Hall–Kier alpha value is -3.61. The third kappa shape index (κ3) is 4.70. The fourth-order valence-corrected chi connectivity index (χ4v) is 2.47. The largest absolute Gasteiger partial charge is 0.352 e. The molecule has 7 nitrogen and oxygen atoms in total. The van der Waals surface area contributed by atoms with Gasteiger partial charge in [0.2, 0.25) is 5.91 Å². The first-order chi connectivity index (χ1) is 12.6. The first kappa shape index (κ1) is 17.2. The van der Waals surface area contributed by atoms with Gasteiger partial charge in [-0.3, -0.25) is 4.79 Å². The van der Waals surface area contributed by atoms with Gasteiger partial charge in [-0.1, -0.05) is 30.3 Å². The number of urea groups is 1. The van der Waals surface area contributed by atoms with E-state index < -0.39 is 6.03 Å². The second-order valence-electron chi connectivity index (χ2n) is 5.77. The van der Waals surface area contributed by atoms with Gasteiger partial charge in [-0.15, -0.1) is 0 Å². The number of carbonyl (C=O) groups excluding carboxylic acids is 2. The molecule has 0 unspecified atom stereocenters. The Balaban J connectivity index is 1.51. The van der Waals surface area contributed by atoms with Crippen LogP contribution in [-0.2, 0) is 17.8 Å². The van der Waals surface area contributed by atoms with E-state index in [0.29, 0.717) is 12.2 Å². The molecule has 0 atom stereocenters. The molecule has 2 aromatic carbocycles. The van der Waals surface area contributed by atoms with Crippen LogP contribution >= 0.6 is 0 Å². The molecule has 0 saturated carbocycles. The summed E-state index contributed by atoms with van der Waals surface area (Å²) in [4.78, 5) is 22.9. The number of hydrogen-bond acceptors (Lipinski definition) is 3. The Morgan fingerprint density at radius 3 is 2.42 bits per heavy atom. The summed E-state index contributed by atoms with van der Waals surface area (Å²) in [6.07, 6.45) is 3.80. The first-order valence-corrected chi connectivity index (χ1v) is 8.11. The van der Waals surface area contributed by atoms with E-state index in [0.717, 1.165) is 16.8 Å². The highest BCUT2D eigenvalue weighted by Crippen LogP contribution is 2.10. The molecule has 1 aromatic heterocycles. The van der Waals surface area contributed by atoms with Crippen molar-refractivity contribution in [3.63, 3.8) is 0 Å². The number of primary amides is 1. The third-order valence-electron chi connectivity index (χ3n) is 3.73. The van der Waals surface area contributed by atoms with Gasteiger partial charge in [-0.25, -0.2) is 9.48 Å². The Morgan fingerprint density at radius 1 is 1.00 bits per heavy atom. The van der Waals surface area contributed by atoms with Crippen molar-refractivity contribution < 1.29 is 9.59 Å². The maximum absolute atomic E-state index is 12.1. The SMILES string of the molecule is NC(=O)Nc1ccc(CNC(=O)Cc2cnn(-c3ccccc3)c2)cc1. The van der Waals surface area contributed by atoms with Crippen LogP contribution in [0.25, 0.3) is 5.69 Å². The molecule has 1 heterocycles. The molecule has 7 heteroatoms. The number of aromatic nitrogens is 2. The van der Waals surface area contributed by atoms with E-state index in [-0.39, 0.29) is 12.3 Å². The van der Waals surface area contributed by atoms with Gasteiger partial charge in [0.25, 0.3) is 0 Å². The zero-order valence-corrected chi connectivity index (χ0v) is 14.1. The van der Waals surface area contributed by atoms with Crippen molar-refractivity contribution in [3.05, 3.63) is 78.1 Å². The first-order valence-electron chi connectivity index (χ1n) is 8.11. The highest BCUT2D eigenvalue weighted by molar-refractivity contribution is 5.87. The minimum atomic E-state index is -0.609. The minimum absolute atomic E-state index is 0.0862. The second kappa shape index (κ2) is 7.98. The number of carbonyl (C=O) groups is 2. The minimum Gasteiger partial charge on any atom is -0.352 e. The molecule has 4 N–H and O–H groups in total. The van der Waals surface area contributed by atoms with Gasteiger partial charge in [-0.05, 0) is 35.4 Å². The van der Waals surface area contributed by atoms with Gasteiger partial charge in [-0.2, -0.15) is 5.10 Å². The lowest BCUT2D eigenvalue weighted by Crippen LogP contribution is -2.24. The molecule has 0 aliphatic rings. The molecule has 0 aliphatic heterocycles. The van der Waals surface area contributed by atoms with Crippen LogP contribution in [0.4, 0.5) is 10.5 Å².